The van der Waals surface area contributed by atoms with Crippen molar-refractivity contribution in [2.45, 2.75) is 104 Å². The molecule has 0 heterocycles. The third kappa shape index (κ3) is 2.50. The van der Waals surface area contributed by atoms with Crippen molar-refractivity contribution >= 4 is 5.78 Å². The van der Waals surface area contributed by atoms with E-state index in [-0.39, 0.29) is 0 Å². The Hall–Kier alpha value is -0.330. The van der Waals surface area contributed by atoms with Crippen molar-refractivity contribution in [2.75, 3.05) is 0 Å². The van der Waals surface area contributed by atoms with Crippen LogP contribution in [0.5, 0.6) is 0 Å². The highest BCUT2D eigenvalue weighted by atomic mass is 16.1. The van der Waals surface area contributed by atoms with Crippen molar-refractivity contribution < 1.29 is 4.79 Å². The summed E-state index contributed by atoms with van der Waals surface area (Å²) in [4.78, 5) is 12.6. The van der Waals surface area contributed by atoms with Crippen LogP contribution in [0.1, 0.15) is 104 Å². The molecule has 0 saturated heterocycles. The Morgan fingerprint density at radius 3 is 2.48 bits per heavy atom. The maximum Gasteiger partial charge on any atom is 0.136 e. The van der Waals surface area contributed by atoms with Crippen LogP contribution in [0.2, 0.25) is 0 Å². The summed E-state index contributed by atoms with van der Waals surface area (Å²) >= 11 is 0. The summed E-state index contributed by atoms with van der Waals surface area (Å²) in [6.07, 6.45) is 17.9. The number of carbonyl (C=O) groups excluding carboxylic acids is 1. The van der Waals surface area contributed by atoms with Crippen LogP contribution >= 0.6 is 0 Å². The van der Waals surface area contributed by atoms with E-state index in [0.717, 1.165) is 30.1 Å². The Morgan fingerprint density at radius 1 is 0.800 bits per heavy atom. The minimum atomic E-state index is 0.467. The number of rotatable bonds is 0. The lowest BCUT2D eigenvalue weighted by Gasteiger charge is -2.61. The van der Waals surface area contributed by atoms with Crippen molar-refractivity contribution in [1.82, 2.24) is 0 Å². The molecule has 0 aromatic rings. The van der Waals surface area contributed by atoms with Crippen molar-refractivity contribution in [3.8, 4) is 0 Å². The molecule has 0 amide bonds. The van der Waals surface area contributed by atoms with Gasteiger partial charge in [0.15, 0.2) is 0 Å². The van der Waals surface area contributed by atoms with Crippen LogP contribution in [-0.2, 0) is 4.79 Å². The van der Waals surface area contributed by atoms with Crippen LogP contribution in [0.15, 0.2) is 0 Å². The van der Waals surface area contributed by atoms with Gasteiger partial charge in [0, 0.05) is 12.3 Å². The minimum Gasteiger partial charge on any atom is -0.299 e. The summed E-state index contributed by atoms with van der Waals surface area (Å²) < 4.78 is 0. The highest BCUT2D eigenvalue weighted by Crippen LogP contribution is 2.69. The fraction of sp³-hybridized carbons (Fsp3) is 0.958. The highest BCUT2D eigenvalue weighted by molar-refractivity contribution is 5.83. The summed E-state index contributed by atoms with van der Waals surface area (Å²) in [6.45, 7) is 6.67. The average Bonchev–Trinajstić information content (AvgIpc) is 3.04. The Kier molecular flexibility index (Phi) is 4.82. The predicted octanol–water partition coefficient (Wildman–Crippen LogP) is 6.79. The van der Waals surface area contributed by atoms with Crippen molar-refractivity contribution in [3.05, 3.63) is 0 Å². The molecule has 0 aliphatic heterocycles. The van der Waals surface area contributed by atoms with Gasteiger partial charge in [-0.2, -0.15) is 0 Å². The molecule has 7 unspecified atom stereocenters. The van der Waals surface area contributed by atoms with Gasteiger partial charge in [0.25, 0.3) is 0 Å². The largest absolute Gasteiger partial charge is 0.299 e. The van der Waals surface area contributed by atoms with Gasteiger partial charge in [-0.3, -0.25) is 4.79 Å². The summed E-state index contributed by atoms with van der Waals surface area (Å²) in [7, 11) is 0. The molecule has 142 valence electrons. The Labute approximate surface area is 155 Å². The Morgan fingerprint density at radius 2 is 1.64 bits per heavy atom. The van der Waals surface area contributed by atoms with Gasteiger partial charge in [0.05, 0.1) is 0 Å². The zero-order valence-corrected chi connectivity index (χ0v) is 17.0. The topological polar surface area (TPSA) is 17.1 Å². The van der Waals surface area contributed by atoms with E-state index in [4.69, 9.17) is 0 Å². The third-order valence-electron chi connectivity index (χ3n) is 9.75. The molecule has 0 aromatic heterocycles. The van der Waals surface area contributed by atoms with Crippen LogP contribution in [0.4, 0.5) is 0 Å². The van der Waals surface area contributed by atoms with Gasteiger partial charge in [-0.1, -0.05) is 33.6 Å². The van der Waals surface area contributed by atoms with Gasteiger partial charge < -0.3 is 0 Å². The molecule has 1 heteroatoms. The molecule has 7 atom stereocenters. The van der Waals surface area contributed by atoms with Gasteiger partial charge in [-0.05, 0) is 98.7 Å². The van der Waals surface area contributed by atoms with Crippen LogP contribution in [0, 0.1) is 40.4 Å². The normalized spacial score (nSPS) is 51.3. The number of fused-ring (bicyclic) bond motifs is 4. The van der Waals surface area contributed by atoms with E-state index < -0.39 is 0 Å². The van der Waals surface area contributed by atoms with E-state index >= 15 is 0 Å². The molecule has 5 fully saturated rings. The zero-order valence-electron chi connectivity index (χ0n) is 17.0. The number of carbonyl (C=O) groups is 1. The minimum absolute atomic E-state index is 0.467. The first-order chi connectivity index (χ1) is 12.2. The molecule has 1 nitrogen and oxygen atoms in total. The summed E-state index contributed by atoms with van der Waals surface area (Å²) in [5, 5.41) is 0. The van der Waals surface area contributed by atoms with Gasteiger partial charge in [0.1, 0.15) is 5.78 Å². The Bertz CT molecular complexity index is 510. The molecule has 25 heavy (non-hydrogen) atoms. The monoisotopic (exact) mass is 344 g/mol. The SMILES string of the molecule is CC.CC12CCCCC1CCC1C2CCC23CCCC(=O)C2CCC13. The second-order valence-corrected chi connectivity index (χ2v) is 10.1. The first kappa shape index (κ1) is 18.1. The molecular formula is C24H40O. The lowest BCUT2D eigenvalue weighted by molar-refractivity contribution is -0.144. The second kappa shape index (κ2) is 6.68. The molecule has 5 aliphatic rings. The quantitative estimate of drug-likeness (QED) is 0.472. The van der Waals surface area contributed by atoms with Crippen LogP contribution in [-0.4, -0.2) is 5.78 Å². The van der Waals surface area contributed by atoms with E-state index in [1.54, 1.807) is 0 Å². The number of hydrogen-bond acceptors (Lipinski definition) is 1. The van der Waals surface area contributed by atoms with Gasteiger partial charge in [-0.15, -0.1) is 0 Å². The van der Waals surface area contributed by atoms with E-state index in [1.165, 1.54) is 77.0 Å². The van der Waals surface area contributed by atoms with Gasteiger partial charge in [0.2, 0.25) is 0 Å². The number of hydrogen-bond donors (Lipinski definition) is 0. The zero-order chi connectivity index (χ0) is 17.7. The Balaban J connectivity index is 0.000000758. The maximum absolute atomic E-state index is 12.6. The summed E-state index contributed by atoms with van der Waals surface area (Å²) in [5.74, 6) is 5.02. The van der Waals surface area contributed by atoms with Gasteiger partial charge in [-0.25, -0.2) is 0 Å². The van der Waals surface area contributed by atoms with Crippen LogP contribution in [0.25, 0.3) is 0 Å². The van der Waals surface area contributed by atoms with E-state index in [2.05, 4.69) is 6.92 Å². The maximum atomic E-state index is 12.6. The molecular weight excluding hydrogens is 304 g/mol. The summed E-state index contributed by atoms with van der Waals surface area (Å²) in [5.41, 5.74) is 1.12. The fourth-order valence-corrected chi connectivity index (χ4v) is 8.84. The molecule has 0 N–H and O–H groups in total. The highest BCUT2D eigenvalue weighted by Gasteiger charge is 2.62. The van der Waals surface area contributed by atoms with Crippen molar-refractivity contribution in [1.29, 1.82) is 0 Å². The smallest absolute Gasteiger partial charge is 0.136 e. The lowest BCUT2D eigenvalue weighted by Crippen LogP contribution is -2.54. The molecule has 0 bridgehead atoms. The lowest BCUT2D eigenvalue weighted by atomic mass is 9.43. The van der Waals surface area contributed by atoms with E-state index in [1.807, 2.05) is 13.8 Å². The fourth-order valence-electron chi connectivity index (χ4n) is 8.84. The van der Waals surface area contributed by atoms with Crippen LogP contribution < -0.4 is 0 Å². The number of ketones is 1. The summed E-state index contributed by atoms with van der Waals surface area (Å²) in [6, 6.07) is 0. The first-order valence-electron chi connectivity index (χ1n) is 11.7. The van der Waals surface area contributed by atoms with E-state index in [9.17, 15) is 4.79 Å². The average molecular weight is 345 g/mol. The predicted molar refractivity (Wildman–Crippen MR) is 104 cm³/mol. The molecule has 5 saturated carbocycles. The van der Waals surface area contributed by atoms with Crippen molar-refractivity contribution in [2.24, 2.45) is 40.4 Å². The molecule has 0 aromatic carbocycles. The third-order valence-corrected chi connectivity index (χ3v) is 9.75. The molecule has 5 aliphatic carbocycles. The second-order valence-electron chi connectivity index (χ2n) is 10.1. The van der Waals surface area contributed by atoms with Gasteiger partial charge >= 0.3 is 0 Å². The molecule has 1 spiro atoms. The molecule has 5 rings (SSSR count). The first-order valence-corrected chi connectivity index (χ1v) is 11.7. The van der Waals surface area contributed by atoms with Crippen molar-refractivity contribution in [3.63, 3.8) is 0 Å². The standard InChI is InChI=1S/C22H34O.C2H6/c1-21-12-3-2-5-15(21)7-8-16-17(21)11-14-22-13-4-6-20(23)19(22)10-9-18(16)22;1-2/h15-19H,2-14H2,1H3;1-2H3. The van der Waals surface area contributed by atoms with Crippen LogP contribution in [0.3, 0.4) is 0 Å². The number of Topliss-reactive ketones (excluding diaryl/α,β-unsaturated/α-hetero) is 1. The molecule has 0 radical (unpaired) electrons. The van der Waals surface area contributed by atoms with E-state index in [0.29, 0.717) is 22.5 Å².